The van der Waals surface area contributed by atoms with Crippen molar-refractivity contribution in [1.29, 1.82) is 0 Å². The molecule has 1 aromatic rings. The number of nitrogens with two attached hydrogens (primary N) is 1. The zero-order valence-electron chi connectivity index (χ0n) is 10.6. The first-order chi connectivity index (χ1) is 8.74. The minimum absolute atomic E-state index is 0.0260. The van der Waals surface area contributed by atoms with E-state index >= 15 is 0 Å². The van der Waals surface area contributed by atoms with Crippen LogP contribution in [0.15, 0.2) is 24.5 Å². The highest BCUT2D eigenvalue weighted by atomic mass is 16.5. The fourth-order valence-electron chi connectivity index (χ4n) is 2.42. The lowest BCUT2D eigenvalue weighted by atomic mass is 9.91. The highest BCUT2D eigenvalue weighted by Crippen LogP contribution is 2.30. The van der Waals surface area contributed by atoms with E-state index in [1.54, 1.807) is 19.5 Å². The number of hydrogen-bond acceptors (Lipinski definition) is 4. The Morgan fingerprint density at radius 2 is 2.22 bits per heavy atom. The van der Waals surface area contributed by atoms with Crippen LogP contribution in [0.2, 0.25) is 0 Å². The van der Waals surface area contributed by atoms with E-state index in [0.717, 1.165) is 12.0 Å². The van der Waals surface area contributed by atoms with Crippen molar-refractivity contribution in [3.8, 4) is 0 Å². The predicted octanol–water partition coefficient (Wildman–Crippen LogP) is 0.719. The Kier molecular flexibility index (Phi) is 4.28. The Morgan fingerprint density at radius 3 is 2.89 bits per heavy atom. The minimum atomic E-state index is -0.0654. The van der Waals surface area contributed by atoms with Gasteiger partial charge in [-0.2, -0.15) is 0 Å². The number of amides is 1. The molecule has 1 aliphatic heterocycles. The van der Waals surface area contributed by atoms with E-state index in [1.165, 1.54) is 0 Å². The van der Waals surface area contributed by atoms with Crippen molar-refractivity contribution in [2.75, 3.05) is 20.3 Å². The first-order valence-electron chi connectivity index (χ1n) is 6.18. The SMILES string of the molecule is COCCN1C(=O)CCC(N)C1c1ccncc1. The number of hydrogen-bond donors (Lipinski definition) is 1. The molecule has 0 radical (unpaired) electrons. The van der Waals surface area contributed by atoms with Crippen LogP contribution in [0.1, 0.15) is 24.4 Å². The van der Waals surface area contributed by atoms with Crippen LogP contribution in [-0.2, 0) is 9.53 Å². The fourth-order valence-corrected chi connectivity index (χ4v) is 2.42. The molecule has 0 aromatic carbocycles. The quantitative estimate of drug-likeness (QED) is 0.853. The van der Waals surface area contributed by atoms with Crippen molar-refractivity contribution >= 4 is 5.91 Å². The molecule has 2 unspecified atom stereocenters. The number of ether oxygens (including phenoxy) is 1. The maximum Gasteiger partial charge on any atom is 0.223 e. The number of likely N-dealkylation sites (tertiary alicyclic amines) is 1. The lowest BCUT2D eigenvalue weighted by Crippen LogP contribution is -2.49. The number of carbonyl (C=O) groups is 1. The molecule has 98 valence electrons. The maximum absolute atomic E-state index is 12.0. The van der Waals surface area contributed by atoms with Gasteiger partial charge in [0, 0.05) is 38.5 Å². The van der Waals surface area contributed by atoms with Crippen molar-refractivity contribution in [2.45, 2.75) is 24.9 Å². The van der Waals surface area contributed by atoms with Crippen molar-refractivity contribution in [3.63, 3.8) is 0 Å². The fraction of sp³-hybridized carbons (Fsp3) is 0.538. The Hall–Kier alpha value is -1.46. The number of carbonyl (C=O) groups excluding carboxylic acids is 1. The average molecular weight is 249 g/mol. The molecule has 0 bridgehead atoms. The lowest BCUT2D eigenvalue weighted by Gasteiger charge is -2.39. The van der Waals surface area contributed by atoms with Crippen LogP contribution in [-0.4, -0.2) is 42.1 Å². The summed E-state index contributed by atoms with van der Waals surface area (Å²) in [5.41, 5.74) is 7.22. The van der Waals surface area contributed by atoms with Crippen LogP contribution in [0, 0.1) is 0 Å². The number of rotatable bonds is 4. The van der Waals surface area contributed by atoms with Gasteiger partial charge in [0.25, 0.3) is 0 Å². The summed E-state index contributed by atoms with van der Waals surface area (Å²) in [5.74, 6) is 0.149. The van der Waals surface area contributed by atoms with Crippen LogP contribution in [0.5, 0.6) is 0 Å². The smallest absolute Gasteiger partial charge is 0.223 e. The lowest BCUT2D eigenvalue weighted by molar-refractivity contribution is -0.138. The molecule has 0 aliphatic carbocycles. The molecule has 1 saturated heterocycles. The van der Waals surface area contributed by atoms with Crippen molar-refractivity contribution < 1.29 is 9.53 Å². The monoisotopic (exact) mass is 249 g/mol. The molecule has 1 amide bonds. The molecule has 0 spiro atoms. The van der Waals surface area contributed by atoms with E-state index < -0.39 is 0 Å². The normalized spacial score (nSPS) is 24.3. The molecule has 1 fully saturated rings. The Morgan fingerprint density at radius 1 is 1.50 bits per heavy atom. The summed E-state index contributed by atoms with van der Waals surface area (Å²) in [6, 6.07) is 3.75. The van der Waals surface area contributed by atoms with Gasteiger partial charge in [0.05, 0.1) is 12.6 Å². The molecule has 5 nitrogen and oxygen atoms in total. The van der Waals surface area contributed by atoms with Gasteiger partial charge in [-0.3, -0.25) is 9.78 Å². The van der Waals surface area contributed by atoms with E-state index in [0.29, 0.717) is 19.6 Å². The van der Waals surface area contributed by atoms with Crippen molar-refractivity contribution in [3.05, 3.63) is 30.1 Å². The van der Waals surface area contributed by atoms with Gasteiger partial charge in [-0.05, 0) is 24.1 Å². The second-order valence-corrected chi connectivity index (χ2v) is 4.51. The third-order valence-corrected chi connectivity index (χ3v) is 3.34. The Bertz CT molecular complexity index is 396. The Labute approximate surface area is 107 Å². The van der Waals surface area contributed by atoms with Gasteiger partial charge in [0.15, 0.2) is 0 Å². The number of piperidine rings is 1. The number of pyridine rings is 1. The minimum Gasteiger partial charge on any atom is -0.383 e. The second kappa shape index (κ2) is 5.93. The molecular formula is C13H19N3O2. The number of methoxy groups -OCH3 is 1. The molecule has 2 atom stereocenters. The second-order valence-electron chi connectivity index (χ2n) is 4.51. The first kappa shape index (κ1) is 13.0. The predicted molar refractivity (Wildman–Crippen MR) is 67.8 cm³/mol. The van der Waals surface area contributed by atoms with Gasteiger partial charge in [0.2, 0.25) is 5.91 Å². The standard InChI is InChI=1S/C13H19N3O2/c1-18-9-8-16-12(17)3-2-11(14)13(16)10-4-6-15-7-5-10/h4-7,11,13H,2-3,8-9,14H2,1H3. The van der Waals surface area contributed by atoms with Crippen molar-refractivity contribution in [2.24, 2.45) is 5.73 Å². The molecule has 1 aliphatic rings. The van der Waals surface area contributed by atoms with Crippen LogP contribution in [0.4, 0.5) is 0 Å². The Balaban J connectivity index is 2.23. The van der Waals surface area contributed by atoms with Gasteiger partial charge in [-0.1, -0.05) is 0 Å². The van der Waals surface area contributed by atoms with Crippen LogP contribution >= 0.6 is 0 Å². The molecule has 0 saturated carbocycles. The molecule has 2 heterocycles. The largest absolute Gasteiger partial charge is 0.383 e. The molecule has 1 aromatic heterocycles. The van der Waals surface area contributed by atoms with E-state index in [-0.39, 0.29) is 18.0 Å². The summed E-state index contributed by atoms with van der Waals surface area (Å²) in [5, 5.41) is 0. The molecular weight excluding hydrogens is 230 g/mol. The summed E-state index contributed by atoms with van der Waals surface area (Å²) in [7, 11) is 1.63. The van der Waals surface area contributed by atoms with Crippen LogP contribution < -0.4 is 5.73 Å². The van der Waals surface area contributed by atoms with Gasteiger partial charge in [0.1, 0.15) is 0 Å². The maximum atomic E-state index is 12.0. The van der Waals surface area contributed by atoms with E-state index in [2.05, 4.69) is 4.98 Å². The number of nitrogens with zero attached hydrogens (tertiary/aromatic N) is 2. The van der Waals surface area contributed by atoms with Gasteiger partial charge < -0.3 is 15.4 Å². The summed E-state index contributed by atoms with van der Waals surface area (Å²) in [6.07, 6.45) is 4.72. The number of aromatic nitrogens is 1. The average Bonchev–Trinajstić information content (AvgIpc) is 2.40. The topological polar surface area (TPSA) is 68.5 Å². The summed E-state index contributed by atoms with van der Waals surface area (Å²) in [6.45, 7) is 1.11. The highest BCUT2D eigenvalue weighted by Gasteiger charge is 2.34. The zero-order chi connectivity index (χ0) is 13.0. The molecule has 2 rings (SSSR count). The van der Waals surface area contributed by atoms with Gasteiger partial charge >= 0.3 is 0 Å². The van der Waals surface area contributed by atoms with Crippen molar-refractivity contribution in [1.82, 2.24) is 9.88 Å². The van der Waals surface area contributed by atoms with Crippen LogP contribution in [0.3, 0.4) is 0 Å². The molecule has 18 heavy (non-hydrogen) atoms. The van der Waals surface area contributed by atoms with E-state index in [9.17, 15) is 4.79 Å². The van der Waals surface area contributed by atoms with Gasteiger partial charge in [-0.15, -0.1) is 0 Å². The first-order valence-corrected chi connectivity index (χ1v) is 6.18. The molecule has 2 N–H and O–H groups in total. The molecule has 5 heteroatoms. The summed E-state index contributed by atoms with van der Waals surface area (Å²) in [4.78, 5) is 17.9. The summed E-state index contributed by atoms with van der Waals surface area (Å²) >= 11 is 0. The summed E-state index contributed by atoms with van der Waals surface area (Å²) < 4.78 is 5.07. The zero-order valence-corrected chi connectivity index (χ0v) is 10.6. The third-order valence-electron chi connectivity index (χ3n) is 3.34. The highest BCUT2D eigenvalue weighted by molar-refractivity contribution is 5.78. The van der Waals surface area contributed by atoms with Crippen LogP contribution in [0.25, 0.3) is 0 Å². The van der Waals surface area contributed by atoms with E-state index in [4.69, 9.17) is 10.5 Å². The van der Waals surface area contributed by atoms with Gasteiger partial charge in [-0.25, -0.2) is 0 Å². The van der Waals surface area contributed by atoms with E-state index in [1.807, 2.05) is 17.0 Å². The third kappa shape index (κ3) is 2.68.